The van der Waals surface area contributed by atoms with Gasteiger partial charge >= 0.3 is 0 Å². The monoisotopic (exact) mass is 341 g/mol. The van der Waals surface area contributed by atoms with Gasteiger partial charge in [0, 0.05) is 25.7 Å². The van der Waals surface area contributed by atoms with E-state index in [4.69, 9.17) is 11.6 Å². The fourth-order valence-electron chi connectivity index (χ4n) is 3.07. The van der Waals surface area contributed by atoms with Crippen LogP contribution in [0, 0.1) is 11.3 Å². The first-order valence-corrected chi connectivity index (χ1v) is 9.51. The van der Waals surface area contributed by atoms with Gasteiger partial charge in [-0.15, -0.1) is 0 Å². The van der Waals surface area contributed by atoms with Gasteiger partial charge in [-0.2, -0.15) is 9.57 Å². The van der Waals surface area contributed by atoms with E-state index < -0.39 is 10.0 Å². The van der Waals surface area contributed by atoms with Gasteiger partial charge in [0.05, 0.1) is 22.5 Å². The first kappa shape index (κ1) is 17.1. The van der Waals surface area contributed by atoms with E-state index in [1.807, 2.05) is 6.92 Å². The van der Waals surface area contributed by atoms with E-state index in [9.17, 15) is 13.7 Å². The van der Waals surface area contributed by atoms with E-state index in [1.54, 1.807) is 22.5 Å². The van der Waals surface area contributed by atoms with Crippen LogP contribution in [0.25, 0.3) is 0 Å². The molecule has 1 aliphatic heterocycles. The van der Waals surface area contributed by atoms with Gasteiger partial charge in [0.15, 0.2) is 0 Å². The Bertz CT molecular complexity index is 677. The van der Waals surface area contributed by atoms with Gasteiger partial charge in [-0.3, -0.25) is 0 Å². The molecule has 1 aliphatic rings. The zero-order valence-corrected chi connectivity index (χ0v) is 14.4. The minimum absolute atomic E-state index is 0.0178. The largest absolute Gasteiger partial charge is 0.369 e. The molecule has 1 fully saturated rings. The smallest absolute Gasteiger partial charge is 0.211 e. The van der Waals surface area contributed by atoms with Gasteiger partial charge in [0.2, 0.25) is 10.0 Å². The Balaban J connectivity index is 2.15. The van der Waals surface area contributed by atoms with Crippen LogP contribution in [0.1, 0.15) is 25.3 Å². The second kappa shape index (κ2) is 6.86. The molecule has 5 nitrogen and oxygen atoms in total. The molecule has 0 aliphatic carbocycles. The number of piperidine rings is 1. The lowest BCUT2D eigenvalue weighted by Gasteiger charge is -2.38. The standard InChI is InChI=1S/C15H20ClN3O2S/c1-3-19(22(2,20)21)13-7-9-18(10-8-13)15-12(11-17)5-4-6-14(15)16/h4-6,13H,3,7-10H2,1-2H3. The Morgan fingerprint density at radius 2 is 2.05 bits per heavy atom. The molecule has 22 heavy (non-hydrogen) atoms. The highest BCUT2D eigenvalue weighted by molar-refractivity contribution is 7.88. The number of nitrogens with zero attached hydrogens (tertiary/aromatic N) is 3. The average molecular weight is 342 g/mol. The molecule has 0 N–H and O–H groups in total. The van der Waals surface area contributed by atoms with Gasteiger partial charge in [-0.25, -0.2) is 8.42 Å². The van der Waals surface area contributed by atoms with Gasteiger partial charge < -0.3 is 4.90 Å². The van der Waals surface area contributed by atoms with Crippen LogP contribution in [-0.4, -0.2) is 44.7 Å². The molecular weight excluding hydrogens is 322 g/mol. The summed E-state index contributed by atoms with van der Waals surface area (Å²) in [6.07, 6.45) is 2.72. The summed E-state index contributed by atoms with van der Waals surface area (Å²) < 4.78 is 25.2. The van der Waals surface area contributed by atoms with Gasteiger partial charge in [0.1, 0.15) is 6.07 Å². The Morgan fingerprint density at radius 3 is 2.55 bits per heavy atom. The van der Waals surface area contributed by atoms with Crippen LogP contribution in [0.2, 0.25) is 5.02 Å². The van der Waals surface area contributed by atoms with Crippen molar-refractivity contribution in [3.05, 3.63) is 28.8 Å². The highest BCUT2D eigenvalue weighted by atomic mass is 35.5. The third kappa shape index (κ3) is 3.54. The van der Waals surface area contributed by atoms with E-state index in [2.05, 4.69) is 11.0 Å². The van der Waals surface area contributed by atoms with Crippen molar-refractivity contribution in [2.24, 2.45) is 0 Å². The van der Waals surface area contributed by atoms with Crippen molar-refractivity contribution in [2.45, 2.75) is 25.8 Å². The molecule has 0 bridgehead atoms. The average Bonchev–Trinajstić information content (AvgIpc) is 2.47. The van der Waals surface area contributed by atoms with Crippen LogP contribution in [-0.2, 0) is 10.0 Å². The summed E-state index contributed by atoms with van der Waals surface area (Å²) in [5.74, 6) is 0. The van der Waals surface area contributed by atoms with Crippen molar-refractivity contribution in [2.75, 3.05) is 30.8 Å². The maximum Gasteiger partial charge on any atom is 0.211 e. The number of nitriles is 1. The Hall–Kier alpha value is -1.29. The normalized spacial score (nSPS) is 16.8. The minimum atomic E-state index is -3.18. The predicted molar refractivity (Wildman–Crippen MR) is 88.6 cm³/mol. The quantitative estimate of drug-likeness (QED) is 0.843. The Morgan fingerprint density at radius 1 is 1.41 bits per heavy atom. The van der Waals surface area contributed by atoms with E-state index in [1.165, 1.54) is 6.26 Å². The van der Waals surface area contributed by atoms with E-state index >= 15 is 0 Å². The summed E-state index contributed by atoms with van der Waals surface area (Å²) in [5.41, 5.74) is 1.31. The van der Waals surface area contributed by atoms with Crippen molar-refractivity contribution < 1.29 is 8.42 Å². The van der Waals surface area contributed by atoms with Crippen LogP contribution in [0.5, 0.6) is 0 Å². The summed E-state index contributed by atoms with van der Waals surface area (Å²) in [7, 11) is -3.18. The van der Waals surface area contributed by atoms with Gasteiger partial charge in [0.25, 0.3) is 0 Å². The topological polar surface area (TPSA) is 64.4 Å². The van der Waals surface area contributed by atoms with E-state index in [0.29, 0.717) is 30.2 Å². The Kier molecular flexibility index (Phi) is 5.32. The molecule has 1 aromatic carbocycles. The number of hydrogen-bond donors (Lipinski definition) is 0. The maximum atomic E-state index is 11.8. The molecule has 7 heteroatoms. The van der Waals surface area contributed by atoms with Crippen LogP contribution in [0.15, 0.2) is 18.2 Å². The molecule has 1 heterocycles. The molecule has 0 aromatic heterocycles. The van der Waals surface area contributed by atoms with E-state index in [-0.39, 0.29) is 6.04 Å². The highest BCUT2D eigenvalue weighted by Crippen LogP contribution is 2.32. The molecule has 1 aromatic rings. The second-order valence-corrected chi connectivity index (χ2v) is 7.77. The molecule has 0 spiro atoms. The first-order chi connectivity index (χ1) is 10.4. The maximum absolute atomic E-state index is 11.8. The number of para-hydroxylation sites is 1. The molecular formula is C15H20ClN3O2S. The first-order valence-electron chi connectivity index (χ1n) is 7.28. The van der Waals surface area contributed by atoms with E-state index in [0.717, 1.165) is 18.5 Å². The van der Waals surface area contributed by atoms with Crippen LogP contribution < -0.4 is 4.90 Å². The number of benzene rings is 1. The highest BCUT2D eigenvalue weighted by Gasteiger charge is 2.30. The molecule has 0 atom stereocenters. The van der Waals surface area contributed by atoms with Crippen molar-refractivity contribution in [3.63, 3.8) is 0 Å². The fraction of sp³-hybridized carbons (Fsp3) is 0.533. The van der Waals surface area contributed by atoms with Crippen LogP contribution >= 0.6 is 11.6 Å². The molecule has 0 saturated carbocycles. The van der Waals surface area contributed by atoms with Crippen molar-refractivity contribution in [3.8, 4) is 6.07 Å². The number of rotatable bonds is 4. The zero-order valence-electron chi connectivity index (χ0n) is 12.8. The lowest BCUT2D eigenvalue weighted by atomic mass is 10.0. The number of hydrogen-bond acceptors (Lipinski definition) is 4. The van der Waals surface area contributed by atoms with Crippen LogP contribution in [0.3, 0.4) is 0 Å². The van der Waals surface area contributed by atoms with Gasteiger partial charge in [-0.05, 0) is 25.0 Å². The molecule has 0 radical (unpaired) electrons. The summed E-state index contributed by atoms with van der Waals surface area (Å²) in [6, 6.07) is 7.48. The zero-order chi connectivity index (χ0) is 16.3. The lowest BCUT2D eigenvalue weighted by molar-refractivity contribution is 0.285. The SMILES string of the molecule is CCN(C1CCN(c2c(Cl)cccc2C#N)CC1)S(C)(=O)=O. The lowest BCUT2D eigenvalue weighted by Crippen LogP contribution is -2.47. The predicted octanol–water partition coefficient (Wildman–Crippen LogP) is 2.46. The molecule has 2 rings (SSSR count). The van der Waals surface area contributed by atoms with Crippen molar-refractivity contribution in [1.82, 2.24) is 4.31 Å². The minimum Gasteiger partial charge on any atom is -0.369 e. The fourth-order valence-corrected chi connectivity index (χ4v) is 4.58. The third-order valence-corrected chi connectivity index (χ3v) is 5.75. The molecule has 1 saturated heterocycles. The van der Waals surface area contributed by atoms with Gasteiger partial charge in [-0.1, -0.05) is 24.6 Å². The number of halogens is 1. The van der Waals surface area contributed by atoms with Crippen LogP contribution in [0.4, 0.5) is 5.69 Å². The van der Waals surface area contributed by atoms with Crippen molar-refractivity contribution in [1.29, 1.82) is 5.26 Å². The molecule has 120 valence electrons. The molecule has 0 unspecified atom stereocenters. The summed E-state index contributed by atoms with van der Waals surface area (Å²) >= 11 is 6.24. The number of sulfonamides is 1. The summed E-state index contributed by atoms with van der Waals surface area (Å²) in [6.45, 7) is 3.72. The Labute approximate surface area is 137 Å². The summed E-state index contributed by atoms with van der Waals surface area (Å²) in [5, 5.41) is 9.80. The third-order valence-electron chi connectivity index (χ3n) is 4.03. The second-order valence-electron chi connectivity index (χ2n) is 5.43. The summed E-state index contributed by atoms with van der Waals surface area (Å²) in [4.78, 5) is 2.08. The van der Waals surface area contributed by atoms with Crippen molar-refractivity contribution >= 4 is 27.3 Å². The molecule has 0 amide bonds. The number of anilines is 1.